The fourth-order valence-electron chi connectivity index (χ4n) is 4.55. The zero-order chi connectivity index (χ0) is 28.4. The Balaban J connectivity index is 1.43. The summed E-state index contributed by atoms with van der Waals surface area (Å²) < 4.78 is 43.8. The van der Waals surface area contributed by atoms with E-state index in [0.717, 1.165) is 42.2 Å². The summed E-state index contributed by atoms with van der Waals surface area (Å²) in [7, 11) is -0.559. The molecular formula is C26H31BrN6O6S. The summed E-state index contributed by atoms with van der Waals surface area (Å²) in [5.41, 5.74) is 2.45. The molecule has 2 aromatic carbocycles. The summed E-state index contributed by atoms with van der Waals surface area (Å²) in [6.07, 6.45) is 3.93. The normalized spacial score (nSPS) is 15.5. The molecule has 0 unspecified atom stereocenters. The van der Waals surface area contributed by atoms with E-state index in [0.29, 0.717) is 63.8 Å². The van der Waals surface area contributed by atoms with Gasteiger partial charge in [0.2, 0.25) is 16.0 Å². The van der Waals surface area contributed by atoms with Gasteiger partial charge in [0, 0.05) is 38.1 Å². The molecule has 3 heterocycles. The SMILES string of the molecule is COc1cc(N2CCC(O)CC2)ccc1Nc1ncc(Br)c(Nc2ccc3c(c2N(C)S(C)(=O)=O)OCCO3)n1. The molecule has 1 fully saturated rings. The number of nitrogens with one attached hydrogen (secondary N) is 2. The number of hydrogen-bond acceptors (Lipinski definition) is 11. The fraction of sp³-hybridized carbons (Fsp3) is 0.385. The monoisotopic (exact) mass is 634 g/mol. The summed E-state index contributed by atoms with van der Waals surface area (Å²) in [6.45, 7) is 2.23. The topological polar surface area (TPSA) is 138 Å². The predicted octanol–water partition coefficient (Wildman–Crippen LogP) is 3.86. The van der Waals surface area contributed by atoms with Gasteiger partial charge in [0.25, 0.3) is 0 Å². The van der Waals surface area contributed by atoms with Crippen molar-refractivity contribution in [2.45, 2.75) is 18.9 Å². The van der Waals surface area contributed by atoms with E-state index in [4.69, 9.17) is 14.2 Å². The maximum Gasteiger partial charge on any atom is 0.232 e. The number of ether oxygens (including phenoxy) is 3. The van der Waals surface area contributed by atoms with Crippen LogP contribution >= 0.6 is 15.9 Å². The lowest BCUT2D eigenvalue weighted by atomic mass is 10.1. The highest BCUT2D eigenvalue weighted by Gasteiger charge is 2.27. The predicted molar refractivity (Wildman–Crippen MR) is 157 cm³/mol. The number of fused-ring (bicyclic) bond motifs is 1. The Bertz CT molecular complexity index is 1500. The van der Waals surface area contributed by atoms with Crippen LogP contribution in [0.15, 0.2) is 41.0 Å². The van der Waals surface area contributed by atoms with Gasteiger partial charge < -0.3 is 34.9 Å². The van der Waals surface area contributed by atoms with E-state index < -0.39 is 10.0 Å². The molecule has 12 nitrogen and oxygen atoms in total. The van der Waals surface area contributed by atoms with E-state index in [1.165, 1.54) is 7.05 Å². The number of hydrogen-bond donors (Lipinski definition) is 3. The maximum absolute atomic E-state index is 12.5. The molecule has 0 saturated carbocycles. The Hall–Kier alpha value is -3.49. The van der Waals surface area contributed by atoms with Crippen LogP contribution in [0.3, 0.4) is 0 Å². The van der Waals surface area contributed by atoms with Crippen LogP contribution in [0.2, 0.25) is 0 Å². The number of piperidine rings is 1. The maximum atomic E-state index is 12.5. The van der Waals surface area contributed by atoms with Gasteiger partial charge in [-0.3, -0.25) is 4.31 Å². The van der Waals surface area contributed by atoms with Gasteiger partial charge in [-0.25, -0.2) is 13.4 Å². The Morgan fingerprint density at radius 1 is 1.12 bits per heavy atom. The summed E-state index contributed by atoms with van der Waals surface area (Å²) in [6, 6.07) is 9.27. The number of anilines is 6. The lowest BCUT2D eigenvalue weighted by Gasteiger charge is -2.31. The number of aliphatic hydroxyl groups excluding tert-OH is 1. The largest absolute Gasteiger partial charge is 0.494 e. The average molecular weight is 636 g/mol. The first-order valence-electron chi connectivity index (χ1n) is 12.7. The van der Waals surface area contributed by atoms with Crippen molar-refractivity contribution < 1.29 is 27.7 Å². The first kappa shape index (κ1) is 28.1. The van der Waals surface area contributed by atoms with Crippen LogP contribution in [0, 0.1) is 0 Å². The molecule has 0 spiro atoms. The van der Waals surface area contributed by atoms with Gasteiger partial charge in [-0.05, 0) is 53.0 Å². The van der Waals surface area contributed by atoms with Crippen molar-refractivity contribution in [1.29, 1.82) is 0 Å². The number of nitrogens with zero attached hydrogens (tertiary/aromatic N) is 4. The number of aliphatic hydroxyl groups is 1. The van der Waals surface area contributed by atoms with Gasteiger partial charge in [-0.15, -0.1) is 0 Å². The van der Waals surface area contributed by atoms with Gasteiger partial charge in [0.15, 0.2) is 11.5 Å². The molecule has 0 atom stereocenters. The number of aromatic nitrogens is 2. The molecule has 2 aliphatic heterocycles. The van der Waals surface area contributed by atoms with Crippen molar-refractivity contribution in [3.05, 3.63) is 41.0 Å². The molecule has 1 aromatic heterocycles. The Kier molecular flexibility index (Phi) is 8.10. The Labute approximate surface area is 241 Å². The summed E-state index contributed by atoms with van der Waals surface area (Å²) in [5, 5.41) is 16.2. The van der Waals surface area contributed by atoms with Crippen molar-refractivity contribution >= 4 is 60.5 Å². The van der Waals surface area contributed by atoms with Crippen molar-refractivity contribution in [2.24, 2.45) is 0 Å². The Morgan fingerprint density at radius 2 is 1.85 bits per heavy atom. The second-order valence-corrected chi connectivity index (χ2v) is 12.3. The highest BCUT2D eigenvalue weighted by Crippen LogP contribution is 2.46. The highest BCUT2D eigenvalue weighted by molar-refractivity contribution is 9.10. The molecule has 3 aromatic rings. The van der Waals surface area contributed by atoms with E-state index in [9.17, 15) is 13.5 Å². The smallest absolute Gasteiger partial charge is 0.232 e. The second kappa shape index (κ2) is 11.6. The van der Waals surface area contributed by atoms with Gasteiger partial charge in [0.1, 0.15) is 30.5 Å². The minimum Gasteiger partial charge on any atom is -0.494 e. The summed E-state index contributed by atoms with van der Waals surface area (Å²) in [5.74, 6) is 2.12. The molecular weight excluding hydrogens is 604 g/mol. The first-order valence-corrected chi connectivity index (χ1v) is 15.3. The summed E-state index contributed by atoms with van der Waals surface area (Å²) >= 11 is 3.48. The average Bonchev–Trinajstić information content (AvgIpc) is 2.94. The number of sulfonamides is 1. The second-order valence-electron chi connectivity index (χ2n) is 9.46. The van der Waals surface area contributed by atoms with Crippen LogP contribution in [-0.4, -0.2) is 76.3 Å². The number of benzene rings is 2. The molecule has 2 aliphatic rings. The molecule has 40 heavy (non-hydrogen) atoms. The van der Waals surface area contributed by atoms with E-state index in [-0.39, 0.29) is 6.10 Å². The lowest BCUT2D eigenvalue weighted by Crippen LogP contribution is -2.35. The molecule has 3 N–H and O–H groups in total. The molecule has 1 saturated heterocycles. The minimum absolute atomic E-state index is 0.249. The zero-order valence-electron chi connectivity index (χ0n) is 22.3. The Morgan fingerprint density at radius 3 is 2.58 bits per heavy atom. The molecule has 0 radical (unpaired) electrons. The number of rotatable bonds is 8. The van der Waals surface area contributed by atoms with Crippen LogP contribution < -0.4 is 34.0 Å². The highest BCUT2D eigenvalue weighted by atomic mass is 79.9. The van der Waals surface area contributed by atoms with Crippen molar-refractivity contribution in [3.8, 4) is 17.2 Å². The van der Waals surface area contributed by atoms with Crippen molar-refractivity contribution in [1.82, 2.24) is 9.97 Å². The van der Waals surface area contributed by atoms with E-state index in [1.54, 1.807) is 25.4 Å². The van der Waals surface area contributed by atoms with Gasteiger partial charge in [-0.2, -0.15) is 4.98 Å². The van der Waals surface area contributed by atoms with E-state index in [1.807, 2.05) is 18.2 Å². The van der Waals surface area contributed by atoms with Crippen LogP contribution in [-0.2, 0) is 10.0 Å². The van der Waals surface area contributed by atoms with Crippen molar-refractivity contribution in [2.75, 3.05) is 66.6 Å². The lowest BCUT2D eigenvalue weighted by molar-refractivity contribution is 0.145. The number of methoxy groups -OCH3 is 1. The minimum atomic E-state index is -3.61. The van der Waals surface area contributed by atoms with Crippen LogP contribution in [0.5, 0.6) is 17.2 Å². The fourth-order valence-corrected chi connectivity index (χ4v) is 5.35. The van der Waals surface area contributed by atoms with E-state index >= 15 is 0 Å². The standard InChI is InChI=1S/C26H31BrN6O6S/c1-32(40(3,35)36)23-20(6-7-21-24(23)39-13-12-38-21)29-25-18(27)15-28-26(31-25)30-19-5-4-16(14-22(19)37-2)33-10-8-17(34)9-11-33/h4-7,14-15,17,34H,8-13H2,1-3H3,(H2,28,29,30,31). The van der Waals surface area contributed by atoms with Gasteiger partial charge in [0.05, 0.1) is 35.3 Å². The van der Waals surface area contributed by atoms with Crippen molar-refractivity contribution in [3.63, 3.8) is 0 Å². The molecule has 214 valence electrons. The third-order valence-electron chi connectivity index (χ3n) is 6.75. The van der Waals surface area contributed by atoms with E-state index in [2.05, 4.69) is 41.4 Å². The third-order valence-corrected chi connectivity index (χ3v) is 8.51. The number of halogens is 1. The molecule has 0 bridgehead atoms. The molecule has 14 heteroatoms. The van der Waals surface area contributed by atoms with Crippen LogP contribution in [0.25, 0.3) is 0 Å². The van der Waals surface area contributed by atoms with Gasteiger partial charge >= 0.3 is 0 Å². The molecule has 0 amide bonds. The third kappa shape index (κ3) is 5.98. The quantitative estimate of drug-likeness (QED) is 0.333. The molecule has 5 rings (SSSR count). The van der Waals surface area contributed by atoms with Gasteiger partial charge in [-0.1, -0.05) is 0 Å². The molecule has 0 aliphatic carbocycles. The summed E-state index contributed by atoms with van der Waals surface area (Å²) in [4.78, 5) is 11.2. The first-order chi connectivity index (χ1) is 19.1. The van der Waals surface area contributed by atoms with Crippen LogP contribution in [0.1, 0.15) is 12.8 Å². The zero-order valence-corrected chi connectivity index (χ0v) is 24.8. The van der Waals surface area contributed by atoms with Crippen LogP contribution in [0.4, 0.5) is 34.5 Å².